The highest BCUT2D eigenvalue weighted by Gasteiger charge is 2.14. The number of rotatable bonds is 6. The van der Waals surface area contributed by atoms with Crippen LogP contribution in [0, 0.1) is 0 Å². The molecule has 6 nitrogen and oxygen atoms in total. The minimum atomic E-state index is -0.182. The van der Waals surface area contributed by atoms with Crippen molar-refractivity contribution in [2.45, 2.75) is 32.1 Å². The van der Waals surface area contributed by atoms with Crippen LogP contribution in [-0.4, -0.2) is 29.0 Å². The SMILES string of the molecule is NNC(=O)Cc1ccc(CCc2cnc(N3CCCC3)nc2)cc1. The van der Waals surface area contributed by atoms with Gasteiger partial charge in [0.15, 0.2) is 0 Å². The Morgan fingerprint density at radius 1 is 1.00 bits per heavy atom. The summed E-state index contributed by atoms with van der Waals surface area (Å²) in [4.78, 5) is 22.5. The van der Waals surface area contributed by atoms with Gasteiger partial charge in [-0.15, -0.1) is 0 Å². The Hall–Kier alpha value is -2.47. The minimum Gasteiger partial charge on any atom is -0.341 e. The molecule has 0 bridgehead atoms. The van der Waals surface area contributed by atoms with Gasteiger partial charge < -0.3 is 4.90 Å². The van der Waals surface area contributed by atoms with Crippen molar-refractivity contribution in [1.29, 1.82) is 0 Å². The third-order valence-electron chi connectivity index (χ3n) is 4.33. The predicted molar refractivity (Wildman–Crippen MR) is 93.4 cm³/mol. The van der Waals surface area contributed by atoms with E-state index in [2.05, 4.69) is 32.4 Å². The van der Waals surface area contributed by atoms with Gasteiger partial charge in [0.1, 0.15) is 0 Å². The molecule has 24 heavy (non-hydrogen) atoms. The first-order valence-corrected chi connectivity index (χ1v) is 8.38. The van der Waals surface area contributed by atoms with Crippen LogP contribution in [0.3, 0.4) is 0 Å². The molecule has 1 saturated heterocycles. The number of carbonyl (C=O) groups is 1. The lowest BCUT2D eigenvalue weighted by Crippen LogP contribution is -2.31. The van der Waals surface area contributed by atoms with Crippen molar-refractivity contribution in [3.05, 3.63) is 53.3 Å². The van der Waals surface area contributed by atoms with Crippen molar-refractivity contribution in [3.63, 3.8) is 0 Å². The Labute approximate surface area is 142 Å². The smallest absolute Gasteiger partial charge is 0.238 e. The molecule has 1 amide bonds. The van der Waals surface area contributed by atoms with Gasteiger partial charge in [-0.2, -0.15) is 0 Å². The fraction of sp³-hybridized carbons (Fsp3) is 0.389. The third kappa shape index (κ3) is 4.29. The van der Waals surface area contributed by atoms with E-state index in [1.165, 1.54) is 18.4 Å². The molecular formula is C18H23N5O. The molecule has 0 radical (unpaired) electrons. The summed E-state index contributed by atoms with van der Waals surface area (Å²) in [6.07, 6.45) is 8.46. The number of amides is 1. The number of anilines is 1. The first-order chi connectivity index (χ1) is 11.7. The fourth-order valence-corrected chi connectivity index (χ4v) is 2.91. The zero-order chi connectivity index (χ0) is 16.8. The lowest BCUT2D eigenvalue weighted by molar-refractivity contribution is -0.120. The highest BCUT2D eigenvalue weighted by molar-refractivity contribution is 5.77. The Kier molecular flexibility index (Phi) is 5.38. The van der Waals surface area contributed by atoms with Crippen LogP contribution >= 0.6 is 0 Å². The van der Waals surface area contributed by atoms with E-state index in [0.29, 0.717) is 6.42 Å². The number of hydrogen-bond acceptors (Lipinski definition) is 5. The molecule has 2 heterocycles. The summed E-state index contributed by atoms with van der Waals surface area (Å²) >= 11 is 0. The van der Waals surface area contributed by atoms with E-state index < -0.39 is 0 Å². The first kappa shape index (κ1) is 16.4. The predicted octanol–water partition coefficient (Wildman–Crippen LogP) is 1.39. The fourth-order valence-electron chi connectivity index (χ4n) is 2.91. The maximum atomic E-state index is 11.2. The van der Waals surface area contributed by atoms with Gasteiger partial charge in [0, 0.05) is 25.5 Å². The number of carbonyl (C=O) groups excluding carboxylic acids is 1. The van der Waals surface area contributed by atoms with E-state index in [-0.39, 0.29) is 5.91 Å². The summed E-state index contributed by atoms with van der Waals surface area (Å²) in [5, 5.41) is 0. The number of nitrogens with two attached hydrogens (primary N) is 1. The molecule has 0 aliphatic carbocycles. The van der Waals surface area contributed by atoms with E-state index in [1.54, 1.807) is 0 Å². The summed E-state index contributed by atoms with van der Waals surface area (Å²) in [5.41, 5.74) is 5.48. The lowest BCUT2D eigenvalue weighted by Gasteiger charge is -2.14. The maximum Gasteiger partial charge on any atom is 0.238 e. The average Bonchev–Trinajstić information content (AvgIpc) is 3.16. The molecule has 1 aromatic carbocycles. The molecule has 0 saturated carbocycles. The van der Waals surface area contributed by atoms with Crippen LogP contribution in [0.2, 0.25) is 0 Å². The van der Waals surface area contributed by atoms with E-state index >= 15 is 0 Å². The van der Waals surface area contributed by atoms with Gasteiger partial charge in [-0.3, -0.25) is 10.2 Å². The zero-order valence-electron chi connectivity index (χ0n) is 13.7. The van der Waals surface area contributed by atoms with Crippen LogP contribution in [0.5, 0.6) is 0 Å². The Morgan fingerprint density at radius 2 is 1.58 bits per heavy atom. The van der Waals surface area contributed by atoms with Crippen molar-refractivity contribution in [3.8, 4) is 0 Å². The minimum absolute atomic E-state index is 0.182. The summed E-state index contributed by atoms with van der Waals surface area (Å²) in [5.74, 6) is 5.76. The van der Waals surface area contributed by atoms with Gasteiger partial charge in [-0.1, -0.05) is 24.3 Å². The number of hydrazine groups is 1. The molecule has 1 aliphatic rings. The van der Waals surface area contributed by atoms with Crippen molar-refractivity contribution in [2.75, 3.05) is 18.0 Å². The van der Waals surface area contributed by atoms with Crippen molar-refractivity contribution in [1.82, 2.24) is 15.4 Å². The van der Waals surface area contributed by atoms with Gasteiger partial charge in [0.25, 0.3) is 0 Å². The molecule has 0 spiro atoms. The van der Waals surface area contributed by atoms with E-state index in [9.17, 15) is 4.79 Å². The number of hydrogen-bond donors (Lipinski definition) is 2. The summed E-state index contributed by atoms with van der Waals surface area (Å²) in [6, 6.07) is 8.05. The van der Waals surface area contributed by atoms with Crippen LogP contribution in [0.4, 0.5) is 5.95 Å². The number of aryl methyl sites for hydroxylation is 2. The number of aromatic nitrogens is 2. The van der Waals surface area contributed by atoms with Crippen molar-refractivity contribution >= 4 is 11.9 Å². The molecule has 0 unspecified atom stereocenters. The second-order valence-electron chi connectivity index (χ2n) is 6.15. The van der Waals surface area contributed by atoms with Crippen LogP contribution in [0.15, 0.2) is 36.7 Å². The van der Waals surface area contributed by atoms with E-state index in [0.717, 1.165) is 43.0 Å². The first-order valence-electron chi connectivity index (χ1n) is 8.38. The summed E-state index contributed by atoms with van der Waals surface area (Å²) < 4.78 is 0. The Balaban J connectivity index is 1.52. The maximum absolute atomic E-state index is 11.2. The molecule has 3 rings (SSSR count). The molecule has 2 aromatic rings. The highest BCUT2D eigenvalue weighted by Crippen LogP contribution is 2.15. The van der Waals surface area contributed by atoms with Gasteiger partial charge in [-0.25, -0.2) is 15.8 Å². The normalized spacial score (nSPS) is 14.0. The monoisotopic (exact) mass is 325 g/mol. The quantitative estimate of drug-likeness (QED) is 0.476. The summed E-state index contributed by atoms with van der Waals surface area (Å²) in [6.45, 7) is 2.13. The number of benzene rings is 1. The Bertz CT molecular complexity index is 663. The van der Waals surface area contributed by atoms with Crippen LogP contribution in [-0.2, 0) is 24.1 Å². The third-order valence-corrected chi connectivity index (χ3v) is 4.33. The number of nitrogens with one attached hydrogen (secondary N) is 1. The largest absolute Gasteiger partial charge is 0.341 e. The van der Waals surface area contributed by atoms with Crippen molar-refractivity contribution < 1.29 is 4.79 Å². The molecular weight excluding hydrogens is 302 g/mol. The lowest BCUT2D eigenvalue weighted by atomic mass is 10.0. The zero-order valence-corrected chi connectivity index (χ0v) is 13.7. The van der Waals surface area contributed by atoms with Crippen molar-refractivity contribution in [2.24, 2.45) is 5.84 Å². The molecule has 1 fully saturated rings. The summed E-state index contributed by atoms with van der Waals surface area (Å²) in [7, 11) is 0. The second-order valence-corrected chi connectivity index (χ2v) is 6.15. The molecule has 1 aromatic heterocycles. The molecule has 0 atom stereocenters. The molecule has 1 aliphatic heterocycles. The van der Waals surface area contributed by atoms with Crippen LogP contribution in [0.1, 0.15) is 29.5 Å². The second kappa shape index (κ2) is 7.88. The average molecular weight is 325 g/mol. The molecule has 3 N–H and O–H groups in total. The van der Waals surface area contributed by atoms with Crippen LogP contribution < -0.4 is 16.2 Å². The van der Waals surface area contributed by atoms with Gasteiger partial charge in [0.2, 0.25) is 11.9 Å². The van der Waals surface area contributed by atoms with E-state index in [1.807, 2.05) is 24.5 Å². The number of nitrogens with zero attached hydrogens (tertiary/aromatic N) is 3. The molecule has 126 valence electrons. The molecule has 6 heteroatoms. The van der Waals surface area contributed by atoms with E-state index in [4.69, 9.17) is 5.84 Å². The van der Waals surface area contributed by atoms with Gasteiger partial charge >= 0.3 is 0 Å². The van der Waals surface area contributed by atoms with Gasteiger partial charge in [0.05, 0.1) is 6.42 Å². The standard InChI is InChI=1S/C18H23N5O/c19-22-17(24)11-15-6-3-14(4-7-15)5-8-16-12-20-18(21-13-16)23-9-1-2-10-23/h3-4,6-7,12-13H,1-2,5,8-11,19H2,(H,22,24). The topological polar surface area (TPSA) is 84.1 Å². The van der Waals surface area contributed by atoms with Crippen LogP contribution in [0.25, 0.3) is 0 Å². The van der Waals surface area contributed by atoms with Gasteiger partial charge in [-0.05, 0) is 42.4 Å². The highest BCUT2D eigenvalue weighted by atomic mass is 16.2. The Morgan fingerprint density at radius 3 is 2.21 bits per heavy atom.